The standard InChI is InChI=1S/C18H17N3O/c1-2-7-15(8-3-1)14-22-17-10-5-4-9-16(17)13-19-18-11-6-12-20-21-18/h1-12H,13-14H2,(H,19,21). The van der Waals surface area contributed by atoms with Crippen molar-refractivity contribution in [3.63, 3.8) is 0 Å². The zero-order chi connectivity index (χ0) is 15.0. The molecule has 1 aromatic heterocycles. The van der Waals surface area contributed by atoms with E-state index in [2.05, 4.69) is 27.6 Å². The number of nitrogens with one attached hydrogen (secondary N) is 1. The van der Waals surface area contributed by atoms with Crippen LogP contribution in [-0.4, -0.2) is 10.2 Å². The SMILES string of the molecule is c1ccc(COc2ccccc2CNc2cccnn2)cc1. The Hall–Kier alpha value is -2.88. The summed E-state index contributed by atoms with van der Waals surface area (Å²) in [6.07, 6.45) is 1.65. The van der Waals surface area contributed by atoms with Crippen LogP contribution in [0.2, 0.25) is 0 Å². The Balaban J connectivity index is 1.65. The van der Waals surface area contributed by atoms with Crippen LogP contribution < -0.4 is 10.1 Å². The van der Waals surface area contributed by atoms with Crippen molar-refractivity contribution in [2.75, 3.05) is 5.32 Å². The van der Waals surface area contributed by atoms with Crippen LogP contribution in [0.1, 0.15) is 11.1 Å². The minimum Gasteiger partial charge on any atom is -0.489 e. The highest BCUT2D eigenvalue weighted by molar-refractivity contribution is 5.39. The minimum atomic E-state index is 0.559. The van der Waals surface area contributed by atoms with Crippen molar-refractivity contribution in [3.8, 4) is 5.75 Å². The molecule has 0 amide bonds. The molecule has 0 aliphatic carbocycles. The van der Waals surface area contributed by atoms with Gasteiger partial charge in [-0.05, 0) is 23.8 Å². The Kier molecular flexibility index (Phi) is 4.62. The van der Waals surface area contributed by atoms with Gasteiger partial charge < -0.3 is 10.1 Å². The van der Waals surface area contributed by atoms with Gasteiger partial charge in [0, 0.05) is 18.3 Å². The Morgan fingerprint density at radius 2 is 1.68 bits per heavy atom. The largest absolute Gasteiger partial charge is 0.489 e. The first-order chi connectivity index (χ1) is 10.9. The van der Waals surface area contributed by atoms with Gasteiger partial charge in [0.2, 0.25) is 0 Å². The van der Waals surface area contributed by atoms with Gasteiger partial charge in [-0.3, -0.25) is 0 Å². The maximum Gasteiger partial charge on any atom is 0.148 e. The number of ether oxygens (including phenoxy) is 1. The number of aromatic nitrogens is 2. The zero-order valence-corrected chi connectivity index (χ0v) is 12.1. The average Bonchev–Trinajstić information content (AvgIpc) is 2.61. The molecule has 0 saturated heterocycles. The summed E-state index contributed by atoms with van der Waals surface area (Å²) in [7, 11) is 0. The average molecular weight is 291 g/mol. The Morgan fingerprint density at radius 3 is 2.50 bits per heavy atom. The third kappa shape index (κ3) is 3.82. The Bertz CT molecular complexity index is 639. The molecule has 2 aromatic carbocycles. The lowest BCUT2D eigenvalue weighted by Gasteiger charge is -2.12. The molecule has 4 heteroatoms. The second-order valence-corrected chi connectivity index (χ2v) is 4.84. The Labute approximate surface area is 129 Å². The molecule has 0 unspecified atom stereocenters. The quantitative estimate of drug-likeness (QED) is 0.753. The molecule has 22 heavy (non-hydrogen) atoms. The summed E-state index contributed by atoms with van der Waals surface area (Å²) in [4.78, 5) is 0. The first-order valence-electron chi connectivity index (χ1n) is 7.18. The van der Waals surface area contributed by atoms with Crippen LogP contribution in [0.15, 0.2) is 72.9 Å². The molecular formula is C18H17N3O. The second kappa shape index (κ2) is 7.22. The second-order valence-electron chi connectivity index (χ2n) is 4.84. The van der Waals surface area contributed by atoms with E-state index < -0.39 is 0 Å². The van der Waals surface area contributed by atoms with E-state index in [4.69, 9.17) is 4.74 Å². The molecule has 0 fully saturated rings. The van der Waals surface area contributed by atoms with Crippen molar-refractivity contribution >= 4 is 5.82 Å². The summed E-state index contributed by atoms with van der Waals surface area (Å²) in [5.74, 6) is 1.63. The van der Waals surface area contributed by atoms with Gasteiger partial charge in [-0.15, -0.1) is 5.10 Å². The molecular weight excluding hydrogens is 274 g/mol. The summed E-state index contributed by atoms with van der Waals surface area (Å²) in [6.45, 7) is 1.20. The number of benzene rings is 2. The zero-order valence-electron chi connectivity index (χ0n) is 12.1. The molecule has 1 N–H and O–H groups in total. The van der Waals surface area contributed by atoms with Gasteiger partial charge >= 0.3 is 0 Å². The van der Waals surface area contributed by atoms with Gasteiger partial charge in [-0.1, -0.05) is 48.5 Å². The van der Waals surface area contributed by atoms with Crippen molar-refractivity contribution in [2.45, 2.75) is 13.2 Å². The first-order valence-corrected chi connectivity index (χ1v) is 7.18. The van der Waals surface area contributed by atoms with Crippen molar-refractivity contribution in [2.24, 2.45) is 0 Å². The lowest BCUT2D eigenvalue weighted by atomic mass is 10.2. The maximum absolute atomic E-state index is 5.94. The van der Waals surface area contributed by atoms with Gasteiger partial charge in [-0.25, -0.2) is 0 Å². The fourth-order valence-electron chi connectivity index (χ4n) is 2.11. The normalized spacial score (nSPS) is 10.2. The highest BCUT2D eigenvalue weighted by Gasteiger charge is 2.04. The van der Waals surface area contributed by atoms with Gasteiger partial charge in [0.15, 0.2) is 0 Å². The molecule has 0 saturated carbocycles. The van der Waals surface area contributed by atoms with Gasteiger partial charge in [0.05, 0.1) is 0 Å². The highest BCUT2D eigenvalue weighted by atomic mass is 16.5. The predicted molar refractivity (Wildman–Crippen MR) is 86.6 cm³/mol. The summed E-state index contributed by atoms with van der Waals surface area (Å²) in [5, 5.41) is 11.1. The number of rotatable bonds is 6. The lowest BCUT2D eigenvalue weighted by molar-refractivity contribution is 0.303. The Morgan fingerprint density at radius 1 is 0.864 bits per heavy atom. The van der Waals surface area contributed by atoms with Crippen LogP contribution in [0.3, 0.4) is 0 Å². The maximum atomic E-state index is 5.94. The van der Waals surface area contributed by atoms with Crippen molar-refractivity contribution in [3.05, 3.63) is 84.1 Å². The molecule has 0 radical (unpaired) electrons. The van der Waals surface area contributed by atoms with Crippen molar-refractivity contribution in [1.82, 2.24) is 10.2 Å². The smallest absolute Gasteiger partial charge is 0.148 e. The van der Waals surface area contributed by atoms with Crippen LogP contribution in [0.25, 0.3) is 0 Å². The molecule has 0 bridgehead atoms. The van der Waals surface area contributed by atoms with Crippen LogP contribution in [0.5, 0.6) is 5.75 Å². The molecule has 3 rings (SSSR count). The number of nitrogens with zero attached hydrogens (tertiary/aromatic N) is 2. The molecule has 1 heterocycles. The molecule has 0 aliphatic rings. The van der Waals surface area contributed by atoms with Crippen LogP contribution in [0, 0.1) is 0 Å². The van der Waals surface area contributed by atoms with E-state index in [1.807, 2.05) is 54.6 Å². The summed E-state index contributed by atoms with van der Waals surface area (Å²) >= 11 is 0. The van der Waals surface area contributed by atoms with Gasteiger partial charge in [0.1, 0.15) is 18.2 Å². The van der Waals surface area contributed by atoms with E-state index in [1.54, 1.807) is 6.20 Å². The molecule has 4 nitrogen and oxygen atoms in total. The van der Waals surface area contributed by atoms with Crippen molar-refractivity contribution < 1.29 is 4.74 Å². The molecule has 110 valence electrons. The van der Waals surface area contributed by atoms with Crippen molar-refractivity contribution in [1.29, 1.82) is 0 Å². The monoisotopic (exact) mass is 291 g/mol. The summed E-state index contributed by atoms with van der Waals surface area (Å²) < 4.78 is 5.94. The highest BCUT2D eigenvalue weighted by Crippen LogP contribution is 2.20. The number of hydrogen-bond acceptors (Lipinski definition) is 4. The molecule has 0 aliphatic heterocycles. The summed E-state index contributed by atoms with van der Waals surface area (Å²) in [6, 6.07) is 21.9. The van der Waals surface area contributed by atoms with Gasteiger partial charge in [-0.2, -0.15) is 5.10 Å². The van der Waals surface area contributed by atoms with E-state index in [0.29, 0.717) is 13.2 Å². The van der Waals surface area contributed by atoms with Crippen LogP contribution in [0.4, 0.5) is 5.82 Å². The summed E-state index contributed by atoms with van der Waals surface area (Å²) in [5.41, 5.74) is 2.24. The molecule has 0 spiro atoms. The number of para-hydroxylation sites is 1. The first kappa shape index (κ1) is 14.1. The van der Waals surface area contributed by atoms with Crippen LogP contribution >= 0.6 is 0 Å². The lowest BCUT2D eigenvalue weighted by Crippen LogP contribution is -2.05. The third-order valence-corrected chi connectivity index (χ3v) is 3.24. The van der Waals surface area contributed by atoms with E-state index >= 15 is 0 Å². The van der Waals surface area contributed by atoms with Crippen LogP contribution in [-0.2, 0) is 13.2 Å². The third-order valence-electron chi connectivity index (χ3n) is 3.24. The predicted octanol–water partition coefficient (Wildman–Crippen LogP) is 3.67. The fourth-order valence-corrected chi connectivity index (χ4v) is 2.11. The molecule has 3 aromatic rings. The van der Waals surface area contributed by atoms with Gasteiger partial charge in [0.25, 0.3) is 0 Å². The topological polar surface area (TPSA) is 47.0 Å². The van der Waals surface area contributed by atoms with E-state index in [1.165, 1.54) is 0 Å². The number of anilines is 1. The fraction of sp³-hybridized carbons (Fsp3) is 0.111. The van der Waals surface area contributed by atoms with E-state index in [9.17, 15) is 0 Å². The number of hydrogen-bond donors (Lipinski definition) is 1. The molecule has 0 atom stereocenters. The van der Waals surface area contributed by atoms with E-state index in [-0.39, 0.29) is 0 Å². The minimum absolute atomic E-state index is 0.559. The van der Waals surface area contributed by atoms with E-state index in [0.717, 1.165) is 22.7 Å².